The molecule has 0 heterocycles. The Morgan fingerprint density at radius 2 is 3.25 bits per heavy atom. The summed E-state index contributed by atoms with van der Waals surface area (Å²) in [5.74, 6) is 0. The number of allylic oxidation sites excluding steroid dienone is 1. The van der Waals surface area contributed by atoms with Gasteiger partial charge >= 0.3 is 0 Å². The second-order valence-corrected chi connectivity index (χ2v) is 0.577. The average molecular weight is 57.1 g/mol. The van der Waals surface area contributed by atoms with Gasteiger partial charge in [-0.15, -0.1) is 6.58 Å². The third kappa shape index (κ3) is 1.74. The van der Waals surface area contributed by atoms with Crippen molar-refractivity contribution in [2.24, 2.45) is 0 Å². The molecule has 0 aliphatic carbocycles. The van der Waals surface area contributed by atoms with Crippen molar-refractivity contribution in [3.8, 4) is 0 Å². The molecule has 0 nitrogen and oxygen atoms in total. The van der Waals surface area contributed by atoms with E-state index in [2.05, 4.69) is 6.58 Å². The van der Waals surface area contributed by atoms with Gasteiger partial charge in [0.25, 0.3) is 0 Å². The van der Waals surface area contributed by atoms with Gasteiger partial charge in [-0.25, -0.2) is 0 Å². The van der Waals surface area contributed by atoms with E-state index in [1.165, 1.54) is 0 Å². The monoisotopic (exact) mass is 57.1 g/mol. The molecular formula is C4H8. The molecule has 0 amide bonds. The van der Waals surface area contributed by atoms with Crippen LogP contribution < -0.4 is 0 Å². The van der Waals surface area contributed by atoms with Crippen LogP contribution >= 0.6 is 0 Å². The van der Waals surface area contributed by atoms with E-state index in [-0.39, 0.29) is 0 Å². The van der Waals surface area contributed by atoms with Gasteiger partial charge in [-0.3, -0.25) is 0 Å². The Morgan fingerprint density at radius 3 is 3.25 bits per heavy atom. The molecule has 0 spiro atoms. The minimum Gasteiger partial charge on any atom is -0.103 e. The van der Waals surface area contributed by atoms with Gasteiger partial charge in [0, 0.05) is 1.37 Å². The van der Waals surface area contributed by atoms with Crippen molar-refractivity contribution in [1.82, 2.24) is 0 Å². The molecule has 0 bridgehead atoms. The highest BCUT2D eigenvalue weighted by molar-refractivity contribution is 4.60. The summed E-state index contributed by atoms with van der Waals surface area (Å²) < 4.78 is 6.53. The number of hydrogen-bond donors (Lipinski definition) is 0. The van der Waals surface area contributed by atoms with Gasteiger partial charge in [0.1, 0.15) is 0 Å². The Bertz CT molecular complexity index is 24.8. The molecule has 0 aliphatic rings. The summed E-state index contributed by atoms with van der Waals surface area (Å²) in [4.78, 5) is 0. The van der Waals surface area contributed by atoms with E-state index in [4.69, 9.17) is 1.37 Å². The fourth-order valence-corrected chi connectivity index (χ4v) is 0. The molecule has 0 fully saturated rings. The summed E-state index contributed by atoms with van der Waals surface area (Å²) in [6, 6.07) is 0. The molecule has 0 unspecified atom stereocenters. The first-order valence-electron chi connectivity index (χ1n) is 2.02. The average Bonchev–Trinajstić information content (AvgIpc) is 1.41. The fraction of sp³-hybridized carbons (Fsp3) is 0.500. The van der Waals surface area contributed by atoms with Crippen LogP contribution in [0.5, 0.6) is 0 Å². The van der Waals surface area contributed by atoms with Gasteiger partial charge < -0.3 is 0 Å². The Kier molecular flexibility index (Phi) is 1.38. The summed E-state index contributed by atoms with van der Waals surface area (Å²) in [6.45, 7) is 3.91. The molecule has 0 atom stereocenters. The maximum absolute atomic E-state index is 6.53. The summed E-state index contributed by atoms with van der Waals surface area (Å²) in [5, 5.41) is 0. The molecule has 0 radical (unpaired) electrons. The van der Waals surface area contributed by atoms with Crippen molar-refractivity contribution < 1.29 is 1.37 Å². The van der Waals surface area contributed by atoms with Crippen LogP contribution in [0.3, 0.4) is 0 Å². The smallest absolute Gasteiger partial charge is 0.0233 e. The SMILES string of the molecule is [2H]CCC=C. The molecule has 0 aromatic heterocycles. The van der Waals surface area contributed by atoms with Gasteiger partial charge in [0.05, 0.1) is 0 Å². The summed E-state index contributed by atoms with van der Waals surface area (Å²) in [6.07, 6.45) is 2.56. The lowest BCUT2D eigenvalue weighted by Gasteiger charge is -1.57. The van der Waals surface area contributed by atoms with Gasteiger partial charge in [-0.1, -0.05) is 13.0 Å². The molecule has 24 valence electrons. The van der Waals surface area contributed by atoms with E-state index in [0.717, 1.165) is 6.42 Å². The highest BCUT2D eigenvalue weighted by atomic mass is 13.5. The number of rotatable bonds is 1. The van der Waals surface area contributed by atoms with Gasteiger partial charge in [-0.05, 0) is 6.42 Å². The normalized spacial score (nSPS) is 9.50. The van der Waals surface area contributed by atoms with Crippen molar-refractivity contribution in [2.45, 2.75) is 13.3 Å². The van der Waals surface area contributed by atoms with E-state index in [9.17, 15) is 0 Å². The quantitative estimate of drug-likeness (QED) is 0.401. The summed E-state index contributed by atoms with van der Waals surface area (Å²) >= 11 is 0. The van der Waals surface area contributed by atoms with Crippen LogP contribution in [0.15, 0.2) is 12.7 Å². The Labute approximate surface area is 28.5 Å². The van der Waals surface area contributed by atoms with Gasteiger partial charge in [0.15, 0.2) is 0 Å². The zero-order valence-electron chi connectivity index (χ0n) is 3.70. The van der Waals surface area contributed by atoms with Crippen LogP contribution in [0, 0.1) is 0 Å². The highest BCUT2D eigenvalue weighted by Crippen LogP contribution is 1.66. The Balaban J connectivity index is 2.40. The number of hydrogen-bond acceptors (Lipinski definition) is 0. The maximum atomic E-state index is 6.53. The first-order valence-corrected chi connectivity index (χ1v) is 1.32. The third-order valence-electron chi connectivity index (χ3n) is 0.204. The molecule has 0 saturated carbocycles. The minimum absolute atomic E-state index is 0.476. The van der Waals surface area contributed by atoms with Crippen LogP contribution in [-0.2, 0) is 0 Å². The maximum Gasteiger partial charge on any atom is 0.0233 e. The van der Waals surface area contributed by atoms with Crippen LogP contribution in [0.1, 0.15) is 14.7 Å². The molecule has 0 heteroatoms. The van der Waals surface area contributed by atoms with Crippen LogP contribution in [-0.4, -0.2) is 0 Å². The van der Waals surface area contributed by atoms with E-state index in [1.807, 2.05) is 0 Å². The van der Waals surface area contributed by atoms with Crippen molar-refractivity contribution in [3.05, 3.63) is 12.7 Å². The lowest BCUT2D eigenvalue weighted by molar-refractivity contribution is 1.23. The molecule has 4 heavy (non-hydrogen) atoms. The molecule has 0 rings (SSSR count). The van der Waals surface area contributed by atoms with E-state index in [1.54, 1.807) is 6.08 Å². The molecule has 0 saturated heterocycles. The molecule has 0 N–H and O–H groups in total. The predicted molar refractivity (Wildman–Crippen MR) is 20.5 cm³/mol. The van der Waals surface area contributed by atoms with Crippen LogP contribution in [0.25, 0.3) is 0 Å². The summed E-state index contributed by atoms with van der Waals surface area (Å²) in [7, 11) is 0. The van der Waals surface area contributed by atoms with E-state index in [0.29, 0.717) is 6.90 Å². The second-order valence-electron chi connectivity index (χ2n) is 0.577. The Morgan fingerprint density at radius 1 is 2.50 bits per heavy atom. The molecule has 0 aromatic carbocycles. The van der Waals surface area contributed by atoms with Gasteiger partial charge in [0.2, 0.25) is 0 Å². The fourth-order valence-electron chi connectivity index (χ4n) is 0. The minimum atomic E-state index is 0.476. The van der Waals surface area contributed by atoms with Crippen molar-refractivity contribution in [3.63, 3.8) is 0 Å². The largest absolute Gasteiger partial charge is 0.103 e. The van der Waals surface area contributed by atoms with Crippen LogP contribution in [0.2, 0.25) is 0 Å². The standard InChI is InChI=1S/C4H8/c1-3-4-2/h3H,1,4H2,2H3/i2D. The zero-order chi connectivity index (χ0) is 4.12. The van der Waals surface area contributed by atoms with Crippen molar-refractivity contribution >= 4 is 0 Å². The van der Waals surface area contributed by atoms with Crippen molar-refractivity contribution in [2.75, 3.05) is 0 Å². The highest BCUT2D eigenvalue weighted by Gasteiger charge is 1.45. The molecular weight excluding hydrogens is 48.0 g/mol. The Hall–Kier alpha value is -0.260. The summed E-state index contributed by atoms with van der Waals surface area (Å²) in [5.41, 5.74) is 0. The third-order valence-corrected chi connectivity index (χ3v) is 0.204. The second kappa shape index (κ2) is 2.74. The van der Waals surface area contributed by atoms with Gasteiger partial charge in [-0.2, -0.15) is 0 Å². The predicted octanol–water partition coefficient (Wildman–Crippen LogP) is 1.58. The lowest BCUT2D eigenvalue weighted by atomic mass is 10.5. The topological polar surface area (TPSA) is 0 Å². The molecule has 0 aromatic rings. The van der Waals surface area contributed by atoms with Crippen LogP contribution in [0.4, 0.5) is 0 Å². The van der Waals surface area contributed by atoms with E-state index >= 15 is 0 Å². The van der Waals surface area contributed by atoms with E-state index < -0.39 is 0 Å². The first-order chi connectivity index (χ1) is 2.41. The lowest BCUT2D eigenvalue weighted by Crippen LogP contribution is -1.36. The zero-order valence-corrected chi connectivity index (χ0v) is 2.70. The molecule has 0 aliphatic heterocycles. The first kappa shape index (κ1) is 2.01. The van der Waals surface area contributed by atoms with Crippen molar-refractivity contribution in [1.29, 1.82) is 0 Å².